The molecule has 9 nitrogen and oxygen atoms in total. The third kappa shape index (κ3) is 4.82. The van der Waals surface area contributed by atoms with E-state index < -0.39 is 15.9 Å². The van der Waals surface area contributed by atoms with Gasteiger partial charge in [-0.15, -0.1) is 5.10 Å². The number of nitrogens with zero attached hydrogens (tertiary/aromatic N) is 4. The molecule has 1 aliphatic heterocycles. The van der Waals surface area contributed by atoms with Crippen molar-refractivity contribution in [2.75, 3.05) is 11.4 Å². The molecule has 5 rings (SSSR count). The van der Waals surface area contributed by atoms with Crippen LogP contribution in [-0.2, 0) is 10.0 Å². The Balaban J connectivity index is 1.50. The van der Waals surface area contributed by atoms with Gasteiger partial charge in [-0.2, -0.15) is 0 Å². The van der Waals surface area contributed by atoms with Gasteiger partial charge in [-0.1, -0.05) is 32.0 Å². The van der Waals surface area contributed by atoms with Crippen LogP contribution in [0.2, 0.25) is 0 Å². The number of aromatic nitrogens is 3. The molecule has 0 unspecified atom stereocenters. The molecule has 36 heavy (non-hydrogen) atoms. The predicted octanol–water partition coefficient (Wildman–Crippen LogP) is 3.80. The lowest BCUT2D eigenvalue weighted by Gasteiger charge is -2.34. The molecule has 3 heterocycles. The van der Waals surface area contributed by atoms with Crippen molar-refractivity contribution in [1.82, 2.24) is 19.5 Å². The van der Waals surface area contributed by atoms with Crippen molar-refractivity contribution in [3.8, 4) is 11.7 Å². The van der Waals surface area contributed by atoms with Crippen LogP contribution in [0.5, 0.6) is 5.88 Å². The maximum atomic E-state index is 13.3. The zero-order valence-corrected chi connectivity index (χ0v) is 21.7. The third-order valence-electron chi connectivity index (χ3n) is 6.82. The summed E-state index contributed by atoms with van der Waals surface area (Å²) in [4.78, 5) is 20.2. The molecule has 1 saturated carbocycles. The first-order chi connectivity index (χ1) is 17.0. The van der Waals surface area contributed by atoms with Crippen molar-refractivity contribution in [2.24, 2.45) is 11.8 Å². The van der Waals surface area contributed by atoms with Crippen LogP contribution < -0.4 is 14.4 Å². The van der Waals surface area contributed by atoms with Crippen molar-refractivity contribution in [1.29, 1.82) is 0 Å². The second kappa shape index (κ2) is 8.92. The first kappa shape index (κ1) is 24.3. The topological polar surface area (TPSA) is 106 Å². The molecule has 1 saturated heterocycles. The fourth-order valence-corrected chi connectivity index (χ4v) is 5.84. The summed E-state index contributed by atoms with van der Waals surface area (Å²) in [7, 11) is -4.04. The highest BCUT2D eigenvalue weighted by molar-refractivity contribution is 7.90. The lowest BCUT2D eigenvalue weighted by Crippen LogP contribution is -2.41. The third-order valence-corrected chi connectivity index (χ3v) is 8.17. The van der Waals surface area contributed by atoms with Gasteiger partial charge in [-0.3, -0.25) is 4.79 Å². The normalized spacial score (nSPS) is 22.9. The molecule has 0 bridgehead atoms. The van der Waals surface area contributed by atoms with Crippen molar-refractivity contribution < 1.29 is 17.9 Å². The van der Waals surface area contributed by atoms with E-state index in [1.165, 1.54) is 12.1 Å². The molecular weight excluding hydrogens is 478 g/mol. The Morgan fingerprint density at radius 2 is 1.83 bits per heavy atom. The largest absolute Gasteiger partial charge is 0.473 e. The van der Waals surface area contributed by atoms with Crippen LogP contribution in [0.3, 0.4) is 0 Å². The molecule has 190 valence electrons. The fourth-order valence-electron chi connectivity index (χ4n) is 4.85. The van der Waals surface area contributed by atoms with Gasteiger partial charge in [0, 0.05) is 24.3 Å². The minimum Gasteiger partial charge on any atom is -0.473 e. The zero-order valence-electron chi connectivity index (χ0n) is 20.9. The number of pyridine rings is 1. The van der Waals surface area contributed by atoms with E-state index in [0.717, 1.165) is 12.8 Å². The average molecular weight is 510 g/mol. The molecule has 1 aliphatic carbocycles. The second-order valence-corrected chi connectivity index (χ2v) is 12.2. The number of rotatable bonds is 7. The van der Waals surface area contributed by atoms with Gasteiger partial charge in [0.05, 0.1) is 10.5 Å². The lowest BCUT2D eigenvalue weighted by molar-refractivity contribution is 0.0981. The molecule has 1 aromatic carbocycles. The standard InChI is InChI=1S/C26H31N5O4S/c1-17-15-26(3,4)30(16-17)24-20(25(32)29-36(33,34)19-8-6-5-7-9-19)10-11-22(27-24)31-13-12-23(28-31)35-21-14-18(21)2/h5-13,17-18,21H,14-16H2,1-4H3,(H,29,32)/t17-,18-,21+/m0/s1. The van der Waals surface area contributed by atoms with Crippen LogP contribution in [0.25, 0.3) is 5.82 Å². The quantitative estimate of drug-likeness (QED) is 0.516. The molecule has 0 spiro atoms. The Kier molecular flexibility index (Phi) is 6.02. The number of sulfonamides is 1. The summed E-state index contributed by atoms with van der Waals surface area (Å²) < 4.78 is 35.4. The van der Waals surface area contributed by atoms with Gasteiger partial charge >= 0.3 is 0 Å². The highest BCUT2D eigenvalue weighted by Crippen LogP contribution is 2.38. The number of amides is 1. The van der Waals surface area contributed by atoms with Gasteiger partial charge in [0.15, 0.2) is 5.82 Å². The zero-order chi connectivity index (χ0) is 25.7. The SMILES string of the molecule is C[C@@H]1CN(c2nc(-n3ccc(O[C@@H]4C[C@@H]4C)n3)ccc2C(=O)NS(=O)(=O)c2ccccc2)C(C)(C)C1. The number of anilines is 1. The number of carbonyl (C=O) groups is 1. The monoisotopic (exact) mass is 509 g/mol. The van der Waals surface area contributed by atoms with Gasteiger partial charge < -0.3 is 9.64 Å². The molecule has 2 fully saturated rings. The molecular formula is C26H31N5O4S. The number of nitrogens with one attached hydrogen (secondary N) is 1. The summed E-state index contributed by atoms with van der Waals surface area (Å²) in [6.07, 6.45) is 3.90. The van der Waals surface area contributed by atoms with E-state index >= 15 is 0 Å². The van der Waals surface area contributed by atoms with Gasteiger partial charge in [-0.25, -0.2) is 22.8 Å². The van der Waals surface area contributed by atoms with E-state index in [4.69, 9.17) is 9.72 Å². The van der Waals surface area contributed by atoms with Crippen molar-refractivity contribution in [3.05, 3.63) is 60.3 Å². The molecule has 2 aliphatic rings. The smallest absolute Gasteiger partial charge is 0.268 e. The van der Waals surface area contributed by atoms with E-state index in [-0.39, 0.29) is 22.1 Å². The molecule has 3 atom stereocenters. The van der Waals surface area contributed by atoms with Crippen LogP contribution >= 0.6 is 0 Å². The number of hydrogen-bond acceptors (Lipinski definition) is 7. The minimum atomic E-state index is -4.04. The molecule has 1 N–H and O–H groups in total. The van der Waals surface area contributed by atoms with Crippen LogP contribution in [0.15, 0.2) is 59.6 Å². The number of benzene rings is 1. The average Bonchev–Trinajstić information content (AvgIpc) is 3.20. The number of hydrogen-bond donors (Lipinski definition) is 1. The van der Waals surface area contributed by atoms with Crippen molar-refractivity contribution in [2.45, 2.75) is 57.1 Å². The summed E-state index contributed by atoms with van der Waals surface area (Å²) in [5.41, 5.74) is -0.0744. The lowest BCUT2D eigenvalue weighted by atomic mass is 9.97. The first-order valence-electron chi connectivity index (χ1n) is 12.2. The van der Waals surface area contributed by atoms with Gasteiger partial charge in [0.1, 0.15) is 11.9 Å². The van der Waals surface area contributed by atoms with Crippen LogP contribution in [0.1, 0.15) is 50.9 Å². The Bertz CT molecular complexity index is 1390. The van der Waals surface area contributed by atoms with E-state index in [9.17, 15) is 13.2 Å². The first-order valence-corrected chi connectivity index (χ1v) is 13.7. The van der Waals surface area contributed by atoms with Crippen molar-refractivity contribution >= 4 is 21.7 Å². The molecule has 10 heteroatoms. The van der Waals surface area contributed by atoms with Gasteiger partial charge in [0.2, 0.25) is 5.88 Å². The maximum absolute atomic E-state index is 13.3. The Morgan fingerprint density at radius 1 is 1.11 bits per heavy atom. The summed E-state index contributed by atoms with van der Waals surface area (Å²) >= 11 is 0. The van der Waals surface area contributed by atoms with Crippen LogP contribution in [0, 0.1) is 11.8 Å². The molecule has 3 aromatic rings. The summed E-state index contributed by atoms with van der Waals surface area (Å²) in [5.74, 6) is 1.66. The van der Waals surface area contributed by atoms with E-state index in [1.807, 2.05) is 0 Å². The molecule has 0 radical (unpaired) electrons. The predicted molar refractivity (Wildman–Crippen MR) is 136 cm³/mol. The summed E-state index contributed by atoms with van der Waals surface area (Å²) in [6, 6.07) is 12.9. The van der Waals surface area contributed by atoms with Crippen molar-refractivity contribution in [3.63, 3.8) is 0 Å². The second-order valence-electron chi connectivity index (χ2n) is 10.5. The Labute approximate surface area is 211 Å². The molecule has 2 aromatic heterocycles. The molecule has 1 amide bonds. The summed E-state index contributed by atoms with van der Waals surface area (Å²) in [5, 5.41) is 4.50. The van der Waals surface area contributed by atoms with E-state index in [2.05, 4.69) is 42.4 Å². The van der Waals surface area contributed by atoms with Gasteiger partial charge in [0.25, 0.3) is 15.9 Å². The van der Waals surface area contributed by atoms with Crippen LogP contribution in [0.4, 0.5) is 5.82 Å². The minimum absolute atomic E-state index is 0.0219. The fraction of sp³-hybridized carbons (Fsp3) is 0.423. The Hall–Kier alpha value is -3.40. The number of carbonyl (C=O) groups excluding carboxylic acids is 1. The maximum Gasteiger partial charge on any atom is 0.268 e. The van der Waals surface area contributed by atoms with E-state index in [1.54, 1.807) is 47.3 Å². The van der Waals surface area contributed by atoms with E-state index in [0.29, 0.717) is 35.9 Å². The summed E-state index contributed by atoms with van der Waals surface area (Å²) in [6.45, 7) is 9.19. The highest BCUT2D eigenvalue weighted by atomic mass is 32.2. The Morgan fingerprint density at radius 3 is 2.47 bits per heavy atom. The number of ether oxygens (including phenoxy) is 1. The highest BCUT2D eigenvalue weighted by Gasteiger charge is 2.39. The van der Waals surface area contributed by atoms with Crippen LogP contribution in [-0.4, -0.2) is 47.3 Å². The van der Waals surface area contributed by atoms with Gasteiger partial charge in [-0.05, 0) is 62.8 Å².